The van der Waals surface area contributed by atoms with Crippen LogP contribution in [0.1, 0.15) is 0 Å². The van der Waals surface area contributed by atoms with Gasteiger partial charge in [-0.3, -0.25) is 4.79 Å². The molecule has 0 aliphatic carbocycles. The minimum absolute atomic E-state index is 0.233. The van der Waals surface area contributed by atoms with E-state index in [1.807, 2.05) is 60.7 Å². The first-order chi connectivity index (χ1) is 9.75. The van der Waals surface area contributed by atoms with E-state index in [4.69, 9.17) is 0 Å². The number of aromatic amines is 1. The zero-order valence-corrected chi connectivity index (χ0v) is 12.1. The topological polar surface area (TPSA) is 45.8 Å². The van der Waals surface area contributed by atoms with Gasteiger partial charge in [0.2, 0.25) is 0 Å². The van der Waals surface area contributed by atoms with Crippen LogP contribution in [0.4, 0.5) is 0 Å². The first-order valence-corrected chi connectivity index (χ1v) is 6.95. The monoisotopic (exact) mass is 326 g/mol. The molecular formula is C16H11BrN2O. The quantitative estimate of drug-likeness (QED) is 0.777. The normalized spacial score (nSPS) is 10.4. The number of hydrogen-bond donors (Lipinski definition) is 1. The fraction of sp³-hybridized carbons (Fsp3) is 0. The Kier molecular flexibility index (Phi) is 3.48. The molecule has 0 bridgehead atoms. The van der Waals surface area contributed by atoms with E-state index in [9.17, 15) is 4.79 Å². The molecule has 0 aliphatic heterocycles. The minimum atomic E-state index is -0.233. The van der Waals surface area contributed by atoms with Gasteiger partial charge in [-0.1, -0.05) is 60.7 Å². The molecule has 0 radical (unpaired) electrons. The third-order valence-electron chi connectivity index (χ3n) is 2.98. The number of H-pyrrole nitrogens is 1. The fourth-order valence-corrected chi connectivity index (χ4v) is 2.32. The van der Waals surface area contributed by atoms with Crippen LogP contribution in [0.25, 0.3) is 22.5 Å². The van der Waals surface area contributed by atoms with Crippen LogP contribution in [-0.4, -0.2) is 9.97 Å². The van der Waals surface area contributed by atoms with Crippen LogP contribution in [0, 0.1) is 0 Å². The summed E-state index contributed by atoms with van der Waals surface area (Å²) in [6, 6.07) is 19.5. The zero-order chi connectivity index (χ0) is 13.9. The number of nitrogens with one attached hydrogen (secondary N) is 1. The van der Waals surface area contributed by atoms with Crippen molar-refractivity contribution >= 4 is 15.9 Å². The molecule has 0 atom stereocenters. The second kappa shape index (κ2) is 5.43. The summed E-state index contributed by atoms with van der Waals surface area (Å²) in [5.74, 6) is 0. The molecule has 2 aromatic carbocycles. The summed E-state index contributed by atoms with van der Waals surface area (Å²) in [6.45, 7) is 0. The molecule has 0 amide bonds. The summed E-state index contributed by atoms with van der Waals surface area (Å²) in [4.78, 5) is 19.1. The van der Waals surface area contributed by atoms with Crippen LogP contribution in [0.3, 0.4) is 0 Å². The van der Waals surface area contributed by atoms with E-state index in [2.05, 4.69) is 25.9 Å². The molecule has 0 spiro atoms. The van der Waals surface area contributed by atoms with Gasteiger partial charge in [0.15, 0.2) is 4.60 Å². The van der Waals surface area contributed by atoms with Crippen LogP contribution in [0.5, 0.6) is 0 Å². The van der Waals surface area contributed by atoms with Gasteiger partial charge in [-0.15, -0.1) is 0 Å². The van der Waals surface area contributed by atoms with E-state index in [1.54, 1.807) is 0 Å². The van der Waals surface area contributed by atoms with Gasteiger partial charge in [0, 0.05) is 11.1 Å². The molecule has 3 rings (SSSR count). The molecule has 98 valence electrons. The SMILES string of the molecule is O=c1[nH]c(-c2ccccc2)c(-c2ccccc2)nc1Br. The Morgan fingerprint density at radius 1 is 0.850 bits per heavy atom. The molecule has 3 nitrogen and oxygen atoms in total. The van der Waals surface area contributed by atoms with Crippen molar-refractivity contribution in [3.05, 3.63) is 75.6 Å². The van der Waals surface area contributed by atoms with Crippen molar-refractivity contribution in [2.24, 2.45) is 0 Å². The number of nitrogens with zero attached hydrogens (tertiary/aromatic N) is 1. The summed E-state index contributed by atoms with van der Waals surface area (Å²) in [6.07, 6.45) is 0. The van der Waals surface area contributed by atoms with Gasteiger partial charge in [-0.2, -0.15) is 0 Å². The Morgan fingerprint density at radius 2 is 1.40 bits per heavy atom. The highest BCUT2D eigenvalue weighted by atomic mass is 79.9. The highest BCUT2D eigenvalue weighted by Gasteiger charge is 2.12. The predicted molar refractivity (Wildman–Crippen MR) is 83.4 cm³/mol. The Hall–Kier alpha value is -2.20. The van der Waals surface area contributed by atoms with Crippen molar-refractivity contribution in [1.82, 2.24) is 9.97 Å². The molecule has 3 aromatic rings. The third-order valence-corrected chi connectivity index (χ3v) is 3.52. The van der Waals surface area contributed by atoms with E-state index < -0.39 is 0 Å². The second-order valence-corrected chi connectivity index (χ2v) is 5.06. The number of rotatable bonds is 2. The lowest BCUT2D eigenvalue weighted by Gasteiger charge is -2.09. The van der Waals surface area contributed by atoms with Crippen LogP contribution in [0.2, 0.25) is 0 Å². The summed E-state index contributed by atoms with van der Waals surface area (Å²) in [7, 11) is 0. The van der Waals surface area contributed by atoms with Gasteiger partial charge in [0.05, 0.1) is 11.4 Å². The molecule has 0 saturated heterocycles. The highest BCUT2D eigenvalue weighted by Crippen LogP contribution is 2.28. The van der Waals surface area contributed by atoms with Crippen molar-refractivity contribution in [2.75, 3.05) is 0 Å². The lowest BCUT2D eigenvalue weighted by atomic mass is 10.0. The number of benzene rings is 2. The van der Waals surface area contributed by atoms with Crippen molar-refractivity contribution < 1.29 is 0 Å². The van der Waals surface area contributed by atoms with Gasteiger partial charge in [-0.05, 0) is 15.9 Å². The van der Waals surface area contributed by atoms with Crippen LogP contribution in [0.15, 0.2) is 70.1 Å². The first kappa shape index (κ1) is 12.8. The molecule has 4 heteroatoms. The fourth-order valence-electron chi connectivity index (χ4n) is 2.05. The Balaban J connectivity index is 2.29. The average Bonchev–Trinajstić information content (AvgIpc) is 2.51. The van der Waals surface area contributed by atoms with E-state index in [1.165, 1.54) is 0 Å². The van der Waals surface area contributed by atoms with Crippen molar-refractivity contribution in [3.8, 4) is 22.5 Å². The number of aromatic nitrogens is 2. The predicted octanol–water partition coefficient (Wildman–Crippen LogP) is 3.87. The van der Waals surface area contributed by atoms with E-state index >= 15 is 0 Å². The molecule has 1 aromatic heterocycles. The van der Waals surface area contributed by atoms with Gasteiger partial charge < -0.3 is 4.98 Å². The molecule has 0 saturated carbocycles. The molecule has 1 heterocycles. The van der Waals surface area contributed by atoms with Crippen LogP contribution >= 0.6 is 15.9 Å². The lowest BCUT2D eigenvalue weighted by Crippen LogP contribution is -2.11. The standard InChI is InChI=1S/C16H11BrN2O/c17-15-16(20)19-14(12-9-5-2-6-10-12)13(18-15)11-7-3-1-4-8-11/h1-10H,(H,19,20). The number of halogens is 1. The highest BCUT2D eigenvalue weighted by molar-refractivity contribution is 9.10. The van der Waals surface area contributed by atoms with Crippen LogP contribution < -0.4 is 5.56 Å². The smallest absolute Gasteiger partial charge is 0.281 e. The zero-order valence-electron chi connectivity index (χ0n) is 10.5. The summed E-state index contributed by atoms with van der Waals surface area (Å²) in [5, 5.41) is 0. The second-order valence-electron chi connectivity index (χ2n) is 4.31. The maximum absolute atomic E-state index is 11.8. The lowest BCUT2D eigenvalue weighted by molar-refractivity contribution is 1.11. The molecular weight excluding hydrogens is 316 g/mol. The molecule has 20 heavy (non-hydrogen) atoms. The molecule has 0 aliphatic rings. The van der Waals surface area contributed by atoms with E-state index in [0.29, 0.717) is 0 Å². The minimum Gasteiger partial charge on any atom is -0.318 e. The van der Waals surface area contributed by atoms with Gasteiger partial charge in [0.1, 0.15) is 0 Å². The van der Waals surface area contributed by atoms with Gasteiger partial charge in [0.25, 0.3) is 5.56 Å². The van der Waals surface area contributed by atoms with Crippen LogP contribution in [-0.2, 0) is 0 Å². The van der Waals surface area contributed by atoms with E-state index in [0.717, 1.165) is 22.5 Å². The summed E-state index contributed by atoms with van der Waals surface area (Å²) in [5.41, 5.74) is 3.14. The Morgan fingerprint density at radius 3 is 2.00 bits per heavy atom. The summed E-state index contributed by atoms with van der Waals surface area (Å²) >= 11 is 3.20. The van der Waals surface area contributed by atoms with Crippen molar-refractivity contribution in [3.63, 3.8) is 0 Å². The molecule has 0 unspecified atom stereocenters. The first-order valence-electron chi connectivity index (χ1n) is 6.16. The summed E-state index contributed by atoms with van der Waals surface area (Å²) < 4.78 is 0.288. The maximum atomic E-state index is 11.8. The molecule has 0 fully saturated rings. The van der Waals surface area contributed by atoms with Crippen molar-refractivity contribution in [2.45, 2.75) is 0 Å². The third kappa shape index (κ3) is 2.42. The maximum Gasteiger partial charge on any atom is 0.281 e. The van der Waals surface area contributed by atoms with Gasteiger partial charge >= 0.3 is 0 Å². The van der Waals surface area contributed by atoms with Gasteiger partial charge in [-0.25, -0.2) is 4.98 Å². The van der Waals surface area contributed by atoms with E-state index in [-0.39, 0.29) is 10.2 Å². The largest absolute Gasteiger partial charge is 0.318 e. The average molecular weight is 327 g/mol. The Bertz CT molecular complexity index is 783. The van der Waals surface area contributed by atoms with Crippen molar-refractivity contribution in [1.29, 1.82) is 0 Å². The Labute approximate surface area is 124 Å². The molecule has 1 N–H and O–H groups in total. The number of hydrogen-bond acceptors (Lipinski definition) is 2.